The number of nitrogens with zero attached hydrogens (tertiary/aromatic N) is 4. The summed E-state index contributed by atoms with van der Waals surface area (Å²) < 4.78 is 7.58. The van der Waals surface area contributed by atoms with Crippen LogP contribution in [0.1, 0.15) is 17.6 Å². The normalized spacial score (nSPS) is 18.2. The number of hydrogen-bond acceptors (Lipinski definition) is 6. The molecular weight excluding hydrogens is 346 g/mol. The van der Waals surface area contributed by atoms with Crippen LogP contribution in [0, 0.1) is 0 Å². The van der Waals surface area contributed by atoms with Crippen molar-refractivity contribution in [2.75, 3.05) is 26.7 Å². The Hall–Kier alpha value is -2.22. The van der Waals surface area contributed by atoms with E-state index in [9.17, 15) is 0 Å². The average Bonchev–Trinajstić information content (AvgIpc) is 3.31. The molecule has 1 aliphatic rings. The fourth-order valence-electron chi connectivity index (χ4n) is 3.42. The molecule has 2 aromatic heterocycles. The van der Waals surface area contributed by atoms with Gasteiger partial charge in [-0.1, -0.05) is 12.1 Å². The molecule has 0 bridgehead atoms. The molecular formula is C19H23N5OS. The largest absolute Gasteiger partial charge is 0.496 e. The summed E-state index contributed by atoms with van der Waals surface area (Å²) in [5.41, 5.74) is 2.14. The van der Waals surface area contributed by atoms with Gasteiger partial charge in [0.05, 0.1) is 24.4 Å². The molecule has 3 aromatic rings. The van der Waals surface area contributed by atoms with Crippen molar-refractivity contribution in [1.29, 1.82) is 0 Å². The van der Waals surface area contributed by atoms with Gasteiger partial charge < -0.3 is 14.6 Å². The Bertz CT molecular complexity index is 874. The highest BCUT2D eigenvalue weighted by Crippen LogP contribution is 2.32. The van der Waals surface area contributed by atoms with E-state index < -0.39 is 0 Å². The fraction of sp³-hybridized carbons (Fsp3) is 0.368. The molecule has 0 aliphatic carbocycles. The number of piperazine rings is 1. The zero-order valence-electron chi connectivity index (χ0n) is 15.1. The first-order valence-corrected chi connectivity index (χ1v) is 9.64. The van der Waals surface area contributed by atoms with Crippen LogP contribution in [-0.4, -0.2) is 46.2 Å². The van der Waals surface area contributed by atoms with Crippen molar-refractivity contribution in [3.8, 4) is 16.3 Å². The van der Waals surface area contributed by atoms with Gasteiger partial charge in [-0.3, -0.25) is 4.90 Å². The van der Waals surface area contributed by atoms with E-state index in [2.05, 4.69) is 38.3 Å². The predicted octanol–water partition coefficient (Wildman–Crippen LogP) is 2.70. The van der Waals surface area contributed by atoms with Crippen molar-refractivity contribution in [2.45, 2.75) is 12.6 Å². The Kier molecular flexibility index (Phi) is 5.01. The SMILES string of the molecule is COc1ccccc1-c1nc(CN2CCNCC2c2nccn2C)cs1. The summed E-state index contributed by atoms with van der Waals surface area (Å²) >= 11 is 1.67. The molecule has 0 amide bonds. The first-order valence-electron chi connectivity index (χ1n) is 8.76. The highest BCUT2D eigenvalue weighted by atomic mass is 32.1. The average molecular weight is 369 g/mol. The van der Waals surface area contributed by atoms with E-state index in [1.54, 1.807) is 18.4 Å². The van der Waals surface area contributed by atoms with Crippen LogP contribution in [0.25, 0.3) is 10.6 Å². The summed E-state index contributed by atoms with van der Waals surface area (Å²) in [6.07, 6.45) is 3.87. The van der Waals surface area contributed by atoms with Crippen molar-refractivity contribution in [3.05, 3.63) is 53.6 Å². The zero-order valence-corrected chi connectivity index (χ0v) is 15.9. The lowest BCUT2D eigenvalue weighted by atomic mass is 10.1. The number of benzene rings is 1. The second kappa shape index (κ2) is 7.57. The quantitative estimate of drug-likeness (QED) is 0.749. The summed E-state index contributed by atoms with van der Waals surface area (Å²) in [5.74, 6) is 1.96. The number of hydrogen-bond donors (Lipinski definition) is 1. The van der Waals surface area contributed by atoms with Gasteiger partial charge in [0.25, 0.3) is 0 Å². The first kappa shape index (κ1) is 17.2. The van der Waals surface area contributed by atoms with Crippen LogP contribution in [-0.2, 0) is 13.6 Å². The monoisotopic (exact) mass is 369 g/mol. The van der Waals surface area contributed by atoms with Gasteiger partial charge in [-0.05, 0) is 12.1 Å². The summed E-state index contributed by atoms with van der Waals surface area (Å²) in [4.78, 5) is 11.9. The van der Waals surface area contributed by atoms with Gasteiger partial charge in [0.2, 0.25) is 0 Å². The number of imidazole rings is 1. The molecule has 7 heteroatoms. The van der Waals surface area contributed by atoms with Crippen molar-refractivity contribution in [2.24, 2.45) is 7.05 Å². The summed E-state index contributed by atoms with van der Waals surface area (Å²) in [7, 11) is 3.75. The number of ether oxygens (including phenoxy) is 1. The van der Waals surface area contributed by atoms with Gasteiger partial charge in [-0.25, -0.2) is 9.97 Å². The molecule has 136 valence electrons. The number of nitrogens with one attached hydrogen (secondary N) is 1. The molecule has 1 aromatic carbocycles. The first-order chi connectivity index (χ1) is 12.8. The highest BCUT2D eigenvalue weighted by molar-refractivity contribution is 7.13. The molecule has 6 nitrogen and oxygen atoms in total. The lowest BCUT2D eigenvalue weighted by molar-refractivity contribution is 0.143. The van der Waals surface area contributed by atoms with Gasteiger partial charge in [0.15, 0.2) is 0 Å². The van der Waals surface area contributed by atoms with Crippen LogP contribution in [0.15, 0.2) is 42.0 Å². The second-order valence-electron chi connectivity index (χ2n) is 6.43. The third-order valence-corrected chi connectivity index (χ3v) is 5.69. The number of para-hydroxylation sites is 1. The third kappa shape index (κ3) is 3.38. The van der Waals surface area contributed by atoms with Crippen molar-refractivity contribution in [1.82, 2.24) is 24.8 Å². The van der Waals surface area contributed by atoms with E-state index in [0.717, 1.165) is 54.0 Å². The Labute approximate surface area is 157 Å². The Morgan fingerprint density at radius 2 is 2.23 bits per heavy atom. The number of methoxy groups -OCH3 is 1. The van der Waals surface area contributed by atoms with E-state index in [1.807, 2.05) is 30.6 Å². The summed E-state index contributed by atoms with van der Waals surface area (Å²) in [6.45, 7) is 3.71. The van der Waals surface area contributed by atoms with Crippen LogP contribution in [0.2, 0.25) is 0 Å². The number of aryl methyl sites for hydroxylation is 1. The Morgan fingerprint density at radius 1 is 1.35 bits per heavy atom. The van der Waals surface area contributed by atoms with Gasteiger partial charge in [0.1, 0.15) is 16.6 Å². The molecule has 1 atom stereocenters. The number of thiazole rings is 1. The van der Waals surface area contributed by atoms with Crippen LogP contribution in [0.5, 0.6) is 5.75 Å². The maximum Gasteiger partial charge on any atom is 0.129 e. The molecule has 26 heavy (non-hydrogen) atoms. The lowest BCUT2D eigenvalue weighted by Crippen LogP contribution is -2.46. The highest BCUT2D eigenvalue weighted by Gasteiger charge is 2.27. The Balaban J connectivity index is 1.55. The zero-order chi connectivity index (χ0) is 17.9. The van der Waals surface area contributed by atoms with Gasteiger partial charge >= 0.3 is 0 Å². The van der Waals surface area contributed by atoms with E-state index in [4.69, 9.17) is 9.72 Å². The van der Waals surface area contributed by atoms with Crippen molar-refractivity contribution >= 4 is 11.3 Å². The maximum absolute atomic E-state index is 5.48. The predicted molar refractivity (Wildman–Crippen MR) is 103 cm³/mol. The van der Waals surface area contributed by atoms with Crippen molar-refractivity contribution < 1.29 is 4.74 Å². The number of rotatable bonds is 5. The minimum Gasteiger partial charge on any atom is -0.496 e. The van der Waals surface area contributed by atoms with Crippen LogP contribution >= 0.6 is 11.3 Å². The molecule has 0 saturated carbocycles. The molecule has 0 radical (unpaired) electrons. The van der Waals surface area contributed by atoms with E-state index in [1.165, 1.54) is 0 Å². The maximum atomic E-state index is 5.48. The van der Waals surface area contributed by atoms with Gasteiger partial charge in [-0.2, -0.15) is 0 Å². The molecule has 1 saturated heterocycles. The minimum absolute atomic E-state index is 0.264. The third-order valence-electron chi connectivity index (χ3n) is 4.76. The minimum atomic E-state index is 0.264. The topological polar surface area (TPSA) is 55.2 Å². The van der Waals surface area contributed by atoms with Crippen LogP contribution in [0.4, 0.5) is 0 Å². The molecule has 0 spiro atoms. The van der Waals surface area contributed by atoms with Gasteiger partial charge in [0, 0.05) is 51.0 Å². The molecule has 1 fully saturated rings. The van der Waals surface area contributed by atoms with Crippen LogP contribution < -0.4 is 10.1 Å². The van der Waals surface area contributed by atoms with E-state index in [-0.39, 0.29) is 6.04 Å². The smallest absolute Gasteiger partial charge is 0.129 e. The molecule has 4 rings (SSSR count). The molecule has 1 N–H and O–H groups in total. The Morgan fingerprint density at radius 3 is 3.04 bits per heavy atom. The van der Waals surface area contributed by atoms with Crippen molar-refractivity contribution in [3.63, 3.8) is 0 Å². The van der Waals surface area contributed by atoms with Crippen LogP contribution in [0.3, 0.4) is 0 Å². The number of aromatic nitrogens is 3. The van der Waals surface area contributed by atoms with Gasteiger partial charge in [-0.15, -0.1) is 11.3 Å². The summed E-state index contributed by atoms with van der Waals surface area (Å²) in [5, 5.41) is 6.64. The molecule has 1 unspecified atom stereocenters. The second-order valence-corrected chi connectivity index (χ2v) is 7.29. The molecule has 3 heterocycles. The fourth-order valence-corrected chi connectivity index (χ4v) is 4.26. The van der Waals surface area contributed by atoms with E-state index in [0.29, 0.717) is 0 Å². The van der Waals surface area contributed by atoms with E-state index >= 15 is 0 Å². The summed E-state index contributed by atoms with van der Waals surface area (Å²) in [6, 6.07) is 8.30. The lowest BCUT2D eigenvalue weighted by Gasteiger charge is -2.35. The molecule has 1 aliphatic heterocycles. The standard InChI is InChI=1S/C19H23N5OS/c1-23-9-8-21-18(23)16-11-20-7-10-24(16)12-14-13-26-19(22-14)15-5-3-4-6-17(15)25-2/h3-6,8-9,13,16,20H,7,10-12H2,1-2H3.